The first-order valence-corrected chi connectivity index (χ1v) is 6.04. The van der Waals surface area contributed by atoms with E-state index in [1.807, 2.05) is 0 Å². The quantitative estimate of drug-likeness (QED) is 0.428. The summed E-state index contributed by atoms with van der Waals surface area (Å²) < 4.78 is 12.6. The van der Waals surface area contributed by atoms with Gasteiger partial charge < -0.3 is 0 Å². The van der Waals surface area contributed by atoms with Crippen molar-refractivity contribution in [3.8, 4) is 12.3 Å². The average molecular weight is 236 g/mol. The molecule has 0 spiro atoms. The molecule has 0 fully saturated rings. The molecule has 0 aromatic heterocycles. The summed E-state index contributed by atoms with van der Waals surface area (Å²) in [5.74, 6) is 2.85. The standard InChI is InChI=1S/C13H13FOS/c1-2-3-4-5-12(15)10-16-13-8-6-11(14)7-9-13/h1,6-9H,3-5,10H2. The van der Waals surface area contributed by atoms with Crippen LogP contribution in [0.3, 0.4) is 0 Å². The molecule has 0 aliphatic rings. The number of halogens is 1. The lowest BCUT2D eigenvalue weighted by molar-refractivity contribution is -0.116. The molecule has 1 aromatic carbocycles. The Morgan fingerprint density at radius 2 is 2.06 bits per heavy atom. The van der Waals surface area contributed by atoms with Crippen LogP contribution in [0.2, 0.25) is 0 Å². The Hall–Kier alpha value is -1.27. The highest BCUT2D eigenvalue weighted by molar-refractivity contribution is 8.00. The number of terminal acetylenes is 1. The lowest BCUT2D eigenvalue weighted by Crippen LogP contribution is -2.00. The van der Waals surface area contributed by atoms with Gasteiger partial charge in [0.25, 0.3) is 0 Å². The monoisotopic (exact) mass is 236 g/mol. The third-order valence-electron chi connectivity index (χ3n) is 1.99. The van der Waals surface area contributed by atoms with E-state index in [9.17, 15) is 9.18 Å². The van der Waals surface area contributed by atoms with Gasteiger partial charge >= 0.3 is 0 Å². The van der Waals surface area contributed by atoms with Gasteiger partial charge in [-0.25, -0.2) is 4.39 Å². The van der Waals surface area contributed by atoms with Gasteiger partial charge in [-0.15, -0.1) is 24.1 Å². The van der Waals surface area contributed by atoms with E-state index in [-0.39, 0.29) is 11.6 Å². The van der Waals surface area contributed by atoms with Crippen molar-refractivity contribution in [3.05, 3.63) is 30.1 Å². The highest BCUT2D eigenvalue weighted by Gasteiger charge is 2.02. The minimum atomic E-state index is -0.260. The van der Waals surface area contributed by atoms with Crippen LogP contribution in [-0.4, -0.2) is 11.5 Å². The molecule has 1 nitrogen and oxygen atoms in total. The first-order chi connectivity index (χ1) is 7.72. The molecule has 0 aliphatic heterocycles. The molecule has 1 rings (SSSR count). The third-order valence-corrected chi connectivity index (χ3v) is 3.06. The molecular formula is C13H13FOS. The van der Waals surface area contributed by atoms with E-state index in [1.165, 1.54) is 23.9 Å². The zero-order valence-electron chi connectivity index (χ0n) is 8.91. The van der Waals surface area contributed by atoms with Crippen molar-refractivity contribution in [3.63, 3.8) is 0 Å². The maximum Gasteiger partial charge on any atom is 0.143 e. The summed E-state index contributed by atoms with van der Waals surface area (Å²) in [4.78, 5) is 12.3. The minimum Gasteiger partial charge on any atom is -0.299 e. The maximum absolute atomic E-state index is 12.6. The van der Waals surface area contributed by atoms with E-state index in [1.54, 1.807) is 12.1 Å². The molecule has 0 saturated heterocycles. The number of carbonyl (C=O) groups excluding carboxylic acids is 1. The van der Waals surface area contributed by atoms with E-state index in [0.29, 0.717) is 18.6 Å². The Bertz CT molecular complexity index is 378. The van der Waals surface area contributed by atoms with Crippen LogP contribution >= 0.6 is 11.8 Å². The molecule has 0 saturated carbocycles. The van der Waals surface area contributed by atoms with E-state index in [4.69, 9.17) is 6.42 Å². The lowest BCUT2D eigenvalue weighted by Gasteiger charge is -2.00. The first kappa shape index (κ1) is 12.8. The van der Waals surface area contributed by atoms with Crippen molar-refractivity contribution in [1.82, 2.24) is 0 Å². The van der Waals surface area contributed by atoms with Gasteiger partial charge in [0.1, 0.15) is 11.6 Å². The highest BCUT2D eigenvalue weighted by atomic mass is 32.2. The Kier molecular flexibility index (Phi) is 5.66. The van der Waals surface area contributed by atoms with Crippen LogP contribution in [0.5, 0.6) is 0 Å². The highest BCUT2D eigenvalue weighted by Crippen LogP contribution is 2.18. The van der Waals surface area contributed by atoms with Gasteiger partial charge in [0, 0.05) is 17.7 Å². The number of hydrogen-bond donors (Lipinski definition) is 0. The second-order valence-corrected chi connectivity index (χ2v) is 4.39. The van der Waals surface area contributed by atoms with Gasteiger partial charge in [0.15, 0.2) is 0 Å². The number of thioether (sulfide) groups is 1. The van der Waals surface area contributed by atoms with E-state index >= 15 is 0 Å². The number of rotatable bonds is 6. The summed E-state index contributed by atoms with van der Waals surface area (Å²) in [6.07, 6.45) is 7.01. The van der Waals surface area contributed by atoms with Gasteiger partial charge in [-0.2, -0.15) is 0 Å². The predicted octanol–water partition coefficient (Wildman–Crippen LogP) is 3.29. The van der Waals surface area contributed by atoms with Gasteiger partial charge in [-0.1, -0.05) is 0 Å². The van der Waals surface area contributed by atoms with Crippen molar-refractivity contribution in [2.45, 2.75) is 24.2 Å². The molecule has 84 valence electrons. The number of ketones is 1. The fraction of sp³-hybridized carbons (Fsp3) is 0.308. The van der Waals surface area contributed by atoms with Gasteiger partial charge in [-0.3, -0.25) is 4.79 Å². The topological polar surface area (TPSA) is 17.1 Å². The van der Waals surface area contributed by atoms with Gasteiger partial charge in [-0.05, 0) is 30.7 Å². The largest absolute Gasteiger partial charge is 0.299 e. The third kappa shape index (κ3) is 4.99. The molecule has 0 atom stereocenters. The molecule has 0 amide bonds. The molecule has 0 aliphatic carbocycles. The Morgan fingerprint density at radius 3 is 2.69 bits per heavy atom. The molecule has 0 N–H and O–H groups in total. The Morgan fingerprint density at radius 1 is 1.38 bits per heavy atom. The van der Waals surface area contributed by atoms with Gasteiger partial charge in [0.05, 0.1) is 5.75 Å². The molecule has 0 bridgehead atoms. The number of Topliss-reactive ketones (excluding diaryl/α,β-unsaturated/α-hetero) is 1. The van der Waals surface area contributed by atoms with Crippen LogP contribution in [0, 0.1) is 18.2 Å². The zero-order chi connectivity index (χ0) is 11.8. The Balaban J connectivity index is 2.26. The second-order valence-electron chi connectivity index (χ2n) is 3.34. The van der Waals surface area contributed by atoms with Crippen LogP contribution in [0.25, 0.3) is 0 Å². The second kappa shape index (κ2) is 7.08. The number of unbranched alkanes of at least 4 members (excludes halogenated alkanes) is 1. The number of benzene rings is 1. The fourth-order valence-electron chi connectivity index (χ4n) is 1.15. The molecule has 0 radical (unpaired) electrons. The minimum absolute atomic E-state index is 0.185. The normalized spacial score (nSPS) is 9.75. The van der Waals surface area contributed by atoms with Crippen LogP contribution < -0.4 is 0 Å². The summed E-state index contributed by atoms with van der Waals surface area (Å²) in [6.45, 7) is 0. The molecule has 3 heteroatoms. The number of carbonyl (C=O) groups is 1. The SMILES string of the molecule is C#CCCCC(=O)CSc1ccc(F)cc1. The molecule has 16 heavy (non-hydrogen) atoms. The fourth-order valence-corrected chi connectivity index (χ4v) is 1.95. The van der Waals surface area contributed by atoms with Crippen molar-refractivity contribution < 1.29 is 9.18 Å². The van der Waals surface area contributed by atoms with Crippen LogP contribution in [0.15, 0.2) is 29.2 Å². The number of hydrogen-bond acceptors (Lipinski definition) is 2. The zero-order valence-corrected chi connectivity index (χ0v) is 9.73. The summed E-state index contributed by atoms with van der Waals surface area (Å²) in [6, 6.07) is 6.14. The van der Waals surface area contributed by atoms with Gasteiger partial charge in [0.2, 0.25) is 0 Å². The molecule has 1 aromatic rings. The van der Waals surface area contributed by atoms with Crippen molar-refractivity contribution in [2.24, 2.45) is 0 Å². The lowest BCUT2D eigenvalue weighted by atomic mass is 10.2. The molecule has 0 unspecified atom stereocenters. The van der Waals surface area contributed by atoms with E-state index in [0.717, 1.165) is 11.3 Å². The van der Waals surface area contributed by atoms with Crippen molar-refractivity contribution >= 4 is 17.5 Å². The maximum atomic E-state index is 12.6. The smallest absolute Gasteiger partial charge is 0.143 e. The van der Waals surface area contributed by atoms with Crippen molar-refractivity contribution in [1.29, 1.82) is 0 Å². The van der Waals surface area contributed by atoms with Crippen LogP contribution in [0.4, 0.5) is 4.39 Å². The molecule has 0 heterocycles. The Labute approximate surface area is 99.4 Å². The van der Waals surface area contributed by atoms with Crippen molar-refractivity contribution in [2.75, 3.05) is 5.75 Å². The summed E-state index contributed by atoms with van der Waals surface area (Å²) in [7, 11) is 0. The van der Waals surface area contributed by atoms with Crippen LogP contribution in [0.1, 0.15) is 19.3 Å². The summed E-state index contributed by atoms with van der Waals surface area (Å²) in [5.41, 5.74) is 0. The predicted molar refractivity (Wildman–Crippen MR) is 64.8 cm³/mol. The summed E-state index contributed by atoms with van der Waals surface area (Å²) in [5, 5.41) is 0. The summed E-state index contributed by atoms with van der Waals surface area (Å²) >= 11 is 1.43. The molecular weight excluding hydrogens is 223 g/mol. The van der Waals surface area contributed by atoms with E-state index in [2.05, 4.69) is 5.92 Å². The first-order valence-electron chi connectivity index (χ1n) is 5.06. The average Bonchev–Trinajstić information content (AvgIpc) is 2.29. The van der Waals surface area contributed by atoms with Crippen LogP contribution in [-0.2, 0) is 4.79 Å². The van der Waals surface area contributed by atoms with E-state index < -0.39 is 0 Å².